The quantitative estimate of drug-likeness (QED) is 0.566. The molecular weight excluding hydrogens is 463 g/mol. The monoisotopic (exact) mass is 488 g/mol. The highest BCUT2D eigenvalue weighted by Gasteiger charge is 2.49. The van der Waals surface area contributed by atoms with Gasteiger partial charge in [-0.3, -0.25) is 0 Å². The molecule has 0 spiro atoms. The van der Waals surface area contributed by atoms with Crippen molar-refractivity contribution >= 4 is 28.9 Å². The summed E-state index contributed by atoms with van der Waals surface area (Å²) in [6.07, 6.45) is 5.17. The number of rotatable bonds is 6. The summed E-state index contributed by atoms with van der Waals surface area (Å²) in [6.45, 7) is 3.32. The summed E-state index contributed by atoms with van der Waals surface area (Å²) in [5.41, 5.74) is 1.80. The standard InChI is InChI=1S/C24H26Cl2N4O3/c1-31-22-5-3-2-4-20(22)30-11-9-27-13-21(30)23-14-32-24(33-23,15-29-10-8-28-16-29)18-7-6-17(25)12-19(18)26/h2-8,10,12,16,21,23,27H,9,11,13-15H2,1H3. The van der Waals surface area contributed by atoms with Gasteiger partial charge in [0.25, 0.3) is 0 Å². The number of anilines is 1. The zero-order chi connectivity index (χ0) is 22.8. The third-order valence-electron chi connectivity index (χ3n) is 6.22. The van der Waals surface area contributed by atoms with Gasteiger partial charge in [-0.25, -0.2) is 4.98 Å². The number of imidazole rings is 1. The lowest BCUT2D eigenvalue weighted by atomic mass is 10.0. The third kappa shape index (κ3) is 4.44. The van der Waals surface area contributed by atoms with Crippen molar-refractivity contribution in [2.45, 2.75) is 24.5 Å². The number of hydrogen-bond acceptors (Lipinski definition) is 6. The van der Waals surface area contributed by atoms with E-state index < -0.39 is 5.79 Å². The molecule has 3 heterocycles. The highest BCUT2D eigenvalue weighted by Crippen LogP contribution is 2.42. The lowest BCUT2D eigenvalue weighted by molar-refractivity contribution is -0.188. The van der Waals surface area contributed by atoms with E-state index in [4.69, 9.17) is 37.4 Å². The maximum atomic E-state index is 6.77. The molecule has 3 atom stereocenters. The first-order chi connectivity index (χ1) is 16.1. The topological polar surface area (TPSA) is 60.8 Å². The van der Waals surface area contributed by atoms with Gasteiger partial charge in [-0.05, 0) is 24.3 Å². The molecule has 0 saturated carbocycles. The van der Waals surface area contributed by atoms with E-state index in [-0.39, 0.29) is 12.1 Å². The Bertz CT molecular complexity index is 1100. The van der Waals surface area contributed by atoms with Crippen LogP contribution in [0.5, 0.6) is 5.75 Å². The molecule has 2 aliphatic heterocycles. The number of nitrogens with one attached hydrogen (secondary N) is 1. The molecule has 3 unspecified atom stereocenters. The molecule has 0 bridgehead atoms. The Kier molecular flexibility index (Phi) is 6.49. The molecule has 2 aliphatic rings. The molecule has 174 valence electrons. The van der Waals surface area contributed by atoms with Crippen molar-refractivity contribution in [2.24, 2.45) is 0 Å². The van der Waals surface area contributed by atoms with Gasteiger partial charge in [0, 0.05) is 42.6 Å². The summed E-state index contributed by atoms with van der Waals surface area (Å²) >= 11 is 12.8. The van der Waals surface area contributed by atoms with E-state index in [1.165, 1.54) is 0 Å². The van der Waals surface area contributed by atoms with Crippen molar-refractivity contribution in [1.29, 1.82) is 0 Å². The van der Waals surface area contributed by atoms with Gasteiger partial charge in [-0.15, -0.1) is 0 Å². The Labute approximate surface area is 203 Å². The van der Waals surface area contributed by atoms with Crippen LogP contribution in [-0.4, -0.2) is 55.0 Å². The summed E-state index contributed by atoms with van der Waals surface area (Å²) in [4.78, 5) is 6.52. The van der Waals surface area contributed by atoms with Crippen LogP contribution in [-0.2, 0) is 21.8 Å². The van der Waals surface area contributed by atoms with E-state index in [9.17, 15) is 0 Å². The van der Waals surface area contributed by atoms with Crippen molar-refractivity contribution in [3.63, 3.8) is 0 Å². The van der Waals surface area contributed by atoms with E-state index >= 15 is 0 Å². The summed E-state index contributed by atoms with van der Waals surface area (Å²) < 4.78 is 20.8. The van der Waals surface area contributed by atoms with Gasteiger partial charge >= 0.3 is 0 Å². The van der Waals surface area contributed by atoms with Gasteiger partial charge in [0.2, 0.25) is 5.79 Å². The highest BCUT2D eigenvalue weighted by atomic mass is 35.5. The first-order valence-corrected chi connectivity index (χ1v) is 11.7. The number of benzene rings is 2. The largest absolute Gasteiger partial charge is 0.495 e. The predicted octanol–water partition coefficient (Wildman–Crippen LogP) is 3.95. The lowest BCUT2D eigenvalue weighted by Gasteiger charge is -2.41. The maximum absolute atomic E-state index is 6.77. The predicted molar refractivity (Wildman–Crippen MR) is 128 cm³/mol. The fourth-order valence-corrected chi connectivity index (χ4v) is 5.22. The maximum Gasteiger partial charge on any atom is 0.215 e. The SMILES string of the molecule is COc1ccccc1N1CCNCC1C1COC(Cn2ccnc2)(c2ccc(Cl)cc2Cl)O1. The van der Waals surface area contributed by atoms with E-state index in [0.29, 0.717) is 23.2 Å². The zero-order valence-corrected chi connectivity index (χ0v) is 19.8. The van der Waals surface area contributed by atoms with Crippen LogP contribution in [0.2, 0.25) is 10.0 Å². The average molecular weight is 489 g/mol. The van der Waals surface area contributed by atoms with Gasteiger partial charge in [-0.1, -0.05) is 41.4 Å². The van der Waals surface area contributed by atoms with Crippen molar-refractivity contribution in [2.75, 3.05) is 38.3 Å². The summed E-state index contributed by atoms with van der Waals surface area (Å²) in [7, 11) is 1.70. The van der Waals surface area contributed by atoms with Crippen molar-refractivity contribution < 1.29 is 14.2 Å². The van der Waals surface area contributed by atoms with Crippen molar-refractivity contribution in [3.8, 4) is 5.75 Å². The third-order valence-corrected chi connectivity index (χ3v) is 6.77. The normalized spacial score (nSPS) is 25.4. The Balaban J connectivity index is 1.48. The van der Waals surface area contributed by atoms with E-state index in [0.717, 1.165) is 36.6 Å². The summed E-state index contributed by atoms with van der Waals surface area (Å²) in [5.74, 6) is -0.217. The van der Waals surface area contributed by atoms with E-state index in [1.807, 2.05) is 41.1 Å². The van der Waals surface area contributed by atoms with Crippen molar-refractivity contribution in [3.05, 3.63) is 76.8 Å². The summed E-state index contributed by atoms with van der Waals surface area (Å²) in [5, 5.41) is 4.57. The number of halogens is 2. The smallest absolute Gasteiger partial charge is 0.215 e. The molecule has 33 heavy (non-hydrogen) atoms. The Morgan fingerprint density at radius 3 is 2.91 bits per heavy atom. The Morgan fingerprint density at radius 1 is 1.24 bits per heavy atom. The fraction of sp³-hybridized carbons (Fsp3) is 0.375. The number of piperazine rings is 1. The molecule has 0 amide bonds. The zero-order valence-electron chi connectivity index (χ0n) is 18.3. The van der Waals surface area contributed by atoms with Gasteiger partial charge in [0.05, 0.1) is 43.3 Å². The molecule has 1 N–H and O–H groups in total. The molecule has 1 aromatic heterocycles. The van der Waals surface area contributed by atoms with Crippen LogP contribution < -0.4 is 15.0 Å². The van der Waals surface area contributed by atoms with E-state index in [2.05, 4.69) is 21.3 Å². The van der Waals surface area contributed by atoms with Crippen LogP contribution in [0, 0.1) is 0 Å². The second-order valence-corrected chi connectivity index (χ2v) is 9.06. The Hall–Kier alpha value is -2.29. The molecule has 2 saturated heterocycles. The molecule has 5 rings (SSSR count). The second kappa shape index (κ2) is 9.52. The van der Waals surface area contributed by atoms with Crippen LogP contribution in [0.25, 0.3) is 0 Å². The molecule has 9 heteroatoms. The number of hydrogen-bond donors (Lipinski definition) is 1. The summed E-state index contributed by atoms with van der Waals surface area (Å²) in [6, 6.07) is 13.5. The van der Waals surface area contributed by atoms with Crippen LogP contribution in [0.1, 0.15) is 5.56 Å². The minimum atomic E-state index is -1.06. The van der Waals surface area contributed by atoms with Crippen molar-refractivity contribution in [1.82, 2.24) is 14.9 Å². The number of aromatic nitrogens is 2. The Morgan fingerprint density at radius 2 is 2.12 bits per heavy atom. The number of methoxy groups -OCH3 is 1. The molecule has 3 aromatic rings. The van der Waals surface area contributed by atoms with Gasteiger partial charge in [-0.2, -0.15) is 0 Å². The van der Waals surface area contributed by atoms with Crippen LogP contribution in [0.3, 0.4) is 0 Å². The first-order valence-electron chi connectivity index (χ1n) is 10.9. The van der Waals surface area contributed by atoms with E-state index in [1.54, 1.807) is 25.7 Å². The molecule has 7 nitrogen and oxygen atoms in total. The van der Waals surface area contributed by atoms with Gasteiger partial charge < -0.3 is 29.0 Å². The molecule has 2 aromatic carbocycles. The minimum absolute atomic E-state index is 0.0470. The molecular formula is C24H26Cl2N4O3. The van der Waals surface area contributed by atoms with Crippen LogP contribution in [0.4, 0.5) is 5.69 Å². The van der Waals surface area contributed by atoms with Crippen LogP contribution in [0.15, 0.2) is 61.2 Å². The average Bonchev–Trinajstić information content (AvgIpc) is 3.50. The molecule has 0 radical (unpaired) electrons. The molecule has 2 fully saturated rings. The van der Waals surface area contributed by atoms with Gasteiger partial charge in [0.1, 0.15) is 11.9 Å². The van der Waals surface area contributed by atoms with Gasteiger partial charge in [0.15, 0.2) is 0 Å². The lowest BCUT2D eigenvalue weighted by Crippen LogP contribution is -2.57. The number of ether oxygens (including phenoxy) is 3. The first kappa shape index (κ1) is 22.5. The van der Waals surface area contributed by atoms with Crippen LogP contribution >= 0.6 is 23.2 Å². The number of para-hydroxylation sites is 2. The minimum Gasteiger partial charge on any atom is -0.495 e. The fourth-order valence-electron chi connectivity index (χ4n) is 4.67. The molecule has 0 aliphatic carbocycles. The number of nitrogens with zero attached hydrogens (tertiary/aromatic N) is 3. The second-order valence-electron chi connectivity index (χ2n) is 8.22. The highest BCUT2D eigenvalue weighted by molar-refractivity contribution is 6.35.